The van der Waals surface area contributed by atoms with Crippen LogP contribution in [0.3, 0.4) is 0 Å². The molecular weight excluding hydrogens is 355 g/mol. The molecule has 1 N–H and O–H groups in total. The number of methoxy groups -OCH3 is 1. The number of likely N-dealkylation sites (N-methyl/N-ethyl adjacent to an activating group) is 1. The largest absolute Gasteiger partial charge is 0.492 e. The highest BCUT2D eigenvalue weighted by Gasteiger charge is 2.33. The van der Waals surface area contributed by atoms with E-state index in [1.807, 2.05) is 14.0 Å². The summed E-state index contributed by atoms with van der Waals surface area (Å²) in [4.78, 5) is 23.2. The maximum atomic E-state index is 14.8. The molecule has 8 nitrogen and oxygen atoms in total. The minimum Gasteiger partial charge on any atom is -0.492 e. The summed E-state index contributed by atoms with van der Waals surface area (Å²) in [6, 6.07) is -0.0691. The van der Waals surface area contributed by atoms with Crippen molar-refractivity contribution in [1.29, 1.82) is 0 Å². The summed E-state index contributed by atoms with van der Waals surface area (Å²) in [7, 11) is 3.38. The van der Waals surface area contributed by atoms with Gasteiger partial charge in [0, 0.05) is 12.1 Å². The first-order valence-electron chi connectivity index (χ1n) is 9.18. The highest BCUT2D eigenvalue weighted by Crippen LogP contribution is 2.39. The van der Waals surface area contributed by atoms with Crippen molar-refractivity contribution >= 4 is 10.9 Å². The normalized spacial score (nSPS) is 21.6. The maximum absolute atomic E-state index is 14.8. The van der Waals surface area contributed by atoms with Crippen molar-refractivity contribution in [2.24, 2.45) is 0 Å². The van der Waals surface area contributed by atoms with E-state index in [0.29, 0.717) is 0 Å². The number of halogens is 1. The molecule has 0 spiro atoms. The molecule has 27 heavy (non-hydrogen) atoms. The lowest BCUT2D eigenvalue weighted by Crippen LogP contribution is -2.38. The zero-order chi connectivity index (χ0) is 19.3. The third-order valence-corrected chi connectivity index (χ3v) is 5.44. The number of aromatic nitrogens is 3. The van der Waals surface area contributed by atoms with Gasteiger partial charge in [0.2, 0.25) is 17.6 Å². The van der Waals surface area contributed by atoms with Crippen LogP contribution in [-0.2, 0) is 0 Å². The Labute approximate surface area is 155 Å². The topological polar surface area (TPSA) is 89.7 Å². The second-order valence-corrected chi connectivity index (χ2v) is 7.30. The highest BCUT2D eigenvalue weighted by molar-refractivity contribution is 5.84. The van der Waals surface area contributed by atoms with E-state index in [0.717, 1.165) is 36.8 Å². The summed E-state index contributed by atoms with van der Waals surface area (Å²) >= 11 is 0. The van der Waals surface area contributed by atoms with Crippen LogP contribution in [-0.4, -0.2) is 57.4 Å². The van der Waals surface area contributed by atoms with Gasteiger partial charge >= 0.3 is 6.01 Å². The molecule has 0 unspecified atom stereocenters. The first kappa shape index (κ1) is 18.0. The molecule has 0 aromatic carbocycles. The van der Waals surface area contributed by atoms with E-state index in [-0.39, 0.29) is 41.0 Å². The molecule has 0 amide bonds. The van der Waals surface area contributed by atoms with Gasteiger partial charge in [-0.15, -0.1) is 0 Å². The number of hydrogen-bond acceptors (Lipinski definition) is 7. The van der Waals surface area contributed by atoms with Crippen molar-refractivity contribution in [3.8, 4) is 17.8 Å². The molecule has 1 aliphatic carbocycles. The first-order valence-corrected chi connectivity index (χ1v) is 9.18. The van der Waals surface area contributed by atoms with E-state index in [1.54, 1.807) is 0 Å². The average Bonchev–Trinajstić information content (AvgIpc) is 3.38. The molecule has 9 heteroatoms. The fourth-order valence-electron chi connectivity index (χ4n) is 3.85. The van der Waals surface area contributed by atoms with Crippen LogP contribution in [0.1, 0.15) is 38.6 Å². The zero-order valence-electron chi connectivity index (χ0n) is 15.6. The minimum absolute atomic E-state index is 0.0553. The Kier molecular flexibility index (Phi) is 4.41. The van der Waals surface area contributed by atoms with Gasteiger partial charge in [0.1, 0.15) is 17.0 Å². The van der Waals surface area contributed by atoms with Gasteiger partial charge in [0.15, 0.2) is 0 Å². The Bertz CT molecular complexity index is 943. The van der Waals surface area contributed by atoms with Gasteiger partial charge in [-0.2, -0.15) is 14.4 Å². The van der Waals surface area contributed by atoms with Crippen LogP contribution < -0.4 is 15.0 Å². The number of hydrogen-bond donors (Lipinski definition) is 1. The number of aromatic hydroxyl groups is 1. The molecule has 146 valence electrons. The van der Waals surface area contributed by atoms with Crippen LogP contribution in [0.15, 0.2) is 4.79 Å². The Morgan fingerprint density at radius 2 is 2.04 bits per heavy atom. The second-order valence-electron chi connectivity index (χ2n) is 7.30. The lowest BCUT2D eigenvalue weighted by molar-refractivity contribution is 0.111. The van der Waals surface area contributed by atoms with Crippen LogP contribution >= 0.6 is 0 Å². The predicted octanol–water partition coefficient (Wildman–Crippen LogP) is 1.84. The molecule has 0 bridgehead atoms. The third kappa shape index (κ3) is 2.99. The van der Waals surface area contributed by atoms with Crippen LogP contribution in [0, 0.1) is 5.82 Å². The van der Waals surface area contributed by atoms with E-state index in [2.05, 4.69) is 14.9 Å². The number of likely N-dealkylation sites (tertiary alicyclic amines) is 1. The Morgan fingerprint density at radius 3 is 2.63 bits per heavy atom. The minimum atomic E-state index is -0.965. The van der Waals surface area contributed by atoms with E-state index in [1.165, 1.54) is 7.11 Å². The van der Waals surface area contributed by atoms with E-state index < -0.39 is 17.3 Å². The van der Waals surface area contributed by atoms with Crippen LogP contribution in [0.2, 0.25) is 0 Å². The summed E-state index contributed by atoms with van der Waals surface area (Å²) in [5.41, 5.74) is -0.846. The standard InChI is InChI=1S/C18H23FN4O4/c1-9(11-5-4-8-22(11)2)27-18-20-14-12(15(21-18)26-3)16(24)23(10-6-7-10)17(25)13(14)19/h9-11,25H,4-8H2,1-3H3/t9-,11-/m0/s1. The van der Waals surface area contributed by atoms with E-state index in [4.69, 9.17) is 9.47 Å². The molecule has 2 fully saturated rings. The van der Waals surface area contributed by atoms with Crippen molar-refractivity contribution in [3.63, 3.8) is 0 Å². The summed E-state index contributed by atoms with van der Waals surface area (Å²) in [5, 5.41) is 10.1. The summed E-state index contributed by atoms with van der Waals surface area (Å²) in [6.07, 6.45) is 3.29. The number of fused-ring (bicyclic) bond motifs is 1. The molecule has 0 radical (unpaired) electrons. The van der Waals surface area contributed by atoms with Crippen molar-refractivity contribution in [3.05, 3.63) is 16.2 Å². The molecule has 1 saturated heterocycles. The second kappa shape index (κ2) is 6.63. The van der Waals surface area contributed by atoms with Gasteiger partial charge in [-0.3, -0.25) is 14.3 Å². The van der Waals surface area contributed by atoms with Crippen LogP contribution in [0.4, 0.5) is 4.39 Å². The summed E-state index contributed by atoms with van der Waals surface area (Å²) < 4.78 is 26.9. The Hall–Kier alpha value is -2.42. The number of rotatable bonds is 5. The van der Waals surface area contributed by atoms with Gasteiger partial charge in [-0.1, -0.05) is 0 Å². The fraction of sp³-hybridized carbons (Fsp3) is 0.611. The highest BCUT2D eigenvalue weighted by atomic mass is 19.1. The number of ether oxygens (including phenoxy) is 2. The molecule has 2 aliphatic rings. The van der Waals surface area contributed by atoms with Crippen molar-refractivity contribution in [2.45, 2.75) is 50.8 Å². The lowest BCUT2D eigenvalue weighted by atomic mass is 10.1. The van der Waals surface area contributed by atoms with Gasteiger partial charge < -0.3 is 14.6 Å². The molecular formula is C18H23FN4O4. The van der Waals surface area contributed by atoms with Gasteiger partial charge in [0.25, 0.3) is 5.56 Å². The molecule has 2 aromatic rings. The fourth-order valence-corrected chi connectivity index (χ4v) is 3.85. The lowest BCUT2D eigenvalue weighted by Gasteiger charge is -2.26. The Morgan fingerprint density at radius 1 is 1.30 bits per heavy atom. The van der Waals surface area contributed by atoms with Crippen molar-refractivity contribution in [1.82, 2.24) is 19.4 Å². The molecule has 2 aromatic heterocycles. The number of nitrogens with zero attached hydrogens (tertiary/aromatic N) is 4. The average molecular weight is 378 g/mol. The maximum Gasteiger partial charge on any atom is 0.320 e. The number of pyridine rings is 1. The predicted molar refractivity (Wildman–Crippen MR) is 96.0 cm³/mol. The molecule has 1 saturated carbocycles. The van der Waals surface area contributed by atoms with Crippen LogP contribution in [0.25, 0.3) is 10.9 Å². The smallest absolute Gasteiger partial charge is 0.320 e. The zero-order valence-corrected chi connectivity index (χ0v) is 15.6. The summed E-state index contributed by atoms with van der Waals surface area (Å²) in [5.74, 6) is -1.72. The SMILES string of the molecule is COc1nc(O[C@@H](C)[C@@H]2CCCN2C)nc2c(F)c(O)n(C3CC3)c(=O)c12. The molecule has 3 heterocycles. The monoisotopic (exact) mass is 378 g/mol. The first-order chi connectivity index (χ1) is 12.9. The van der Waals surface area contributed by atoms with E-state index >= 15 is 0 Å². The van der Waals surface area contributed by atoms with Gasteiger partial charge in [0.05, 0.1) is 7.11 Å². The quantitative estimate of drug-likeness (QED) is 0.849. The molecule has 2 atom stereocenters. The van der Waals surface area contributed by atoms with Gasteiger partial charge in [-0.25, -0.2) is 0 Å². The van der Waals surface area contributed by atoms with Crippen molar-refractivity contribution in [2.75, 3.05) is 20.7 Å². The van der Waals surface area contributed by atoms with Crippen LogP contribution in [0.5, 0.6) is 17.8 Å². The Balaban J connectivity index is 1.79. The third-order valence-electron chi connectivity index (χ3n) is 5.44. The van der Waals surface area contributed by atoms with Gasteiger partial charge in [-0.05, 0) is 46.2 Å². The molecule has 1 aliphatic heterocycles. The van der Waals surface area contributed by atoms with Crippen molar-refractivity contribution < 1.29 is 19.0 Å². The van der Waals surface area contributed by atoms with E-state index in [9.17, 15) is 14.3 Å². The molecule has 4 rings (SSSR count). The summed E-state index contributed by atoms with van der Waals surface area (Å²) in [6.45, 7) is 2.90.